The molecule has 7 heteroatoms. The Morgan fingerprint density at radius 1 is 1.35 bits per heavy atom. The van der Waals surface area contributed by atoms with Crippen molar-refractivity contribution in [2.75, 3.05) is 11.4 Å². The Hall–Kier alpha value is -1.37. The molecule has 1 amide bonds. The lowest BCUT2D eigenvalue weighted by Gasteiger charge is -2.20. The van der Waals surface area contributed by atoms with Crippen molar-refractivity contribution in [3.8, 4) is 0 Å². The molecule has 1 aromatic carbocycles. The van der Waals surface area contributed by atoms with Crippen molar-refractivity contribution in [3.63, 3.8) is 0 Å². The zero-order valence-corrected chi connectivity index (χ0v) is 13.2. The number of carboxylic acid groups (broad SMARTS) is 1. The van der Waals surface area contributed by atoms with Crippen LogP contribution in [0.4, 0.5) is 5.69 Å². The number of benzene rings is 1. The van der Waals surface area contributed by atoms with Gasteiger partial charge in [-0.25, -0.2) is 0 Å². The van der Waals surface area contributed by atoms with Gasteiger partial charge in [-0.05, 0) is 45.6 Å². The molecule has 0 spiro atoms. The van der Waals surface area contributed by atoms with E-state index in [1.165, 1.54) is 16.2 Å². The van der Waals surface area contributed by atoms with Gasteiger partial charge in [0.15, 0.2) is 0 Å². The highest BCUT2D eigenvalue weighted by atomic mass is 79.9. The molecule has 0 atom stereocenters. The molecule has 104 valence electrons. The van der Waals surface area contributed by atoms with Gasteiger partial charge in [0, 0.05) is 15.2 Å². The number of nitrogens with zero attached hydrogens (tertiary/aromatic N) is 1. The van der Waals surface area contributed by atoms with Crippen molar-refractivity contribution in [1.29, 1.82) is 0 Å². The van der Waals surface area contributed by atoms with Crippen LogP contribution in [-0.4, -0.2) is 23.5 Å². The minimum Gasteiger partial charge on any atom is -0.480 e. The highest BCUT2D eigenvalue weighted by Crippen LogP contribution is 2.27. The number of hydrogen-bond donors (Lipinski definition) is 1. The molecule has 2 rings (SSSR count). The van der Waals surface area contributed by atoms with E-state index in [1.807, 2.05) is 0 Å². The third-order valence-electron chi connectivity index (χ3n) is 2.47. The van der Waals surface area contributed by atoms with Gasteiger partial charge in [0.25, 0.3) is 5.91 Å². The molecule has 0 bridgehead atoms. The third-order valence-corrected chi connectivity index (χ3v) is 4.53. The topological polar surface area (TPSA) is 57.6 Å². The van der Waals surface area contributed by atoms with Crippen LogP contribution >= 0.6 is 38.9 Å². The first-order chi connectivity index (χ1) is 9.49. The number of aliphatic carboxylic acids is 1. The normalized spacial score (nSPS) is 10.3. The average Bonchev–Trinajstić information content (AvgIpc) is 2.81. The fourth-order valence-corrected chi connectivity index (χ4v) is 3.30. The van der Waals surface area contributed by atoms with Crippen molar-refractivity contribution < 1.29 is 14.7 Å². The Kier molecular flexibility index (Phi) is 4.80. The average molecular weight is 375 g/mol. The predicted octanol–water partition coefficient (Wildman–Crippen LogP) is 3.90. The smallest absolute Gasteiger partial charge is 0.323 e. The van der Waals surface area contributed by atoms with Gasteiger partial charge in [0.05, 0.1) is 0 Å². The number of carbonyl (C=O) groups excluding carboxylic acids is 1. The Labute approximate surface area is 132 Å². The number of thiophene rings is 1. The first-order valence-electron chi connectivity index (χ1n) is 5.51. The van der Waals surface area contributed by atoms with Crippen molar-refractivity contribution >= 4 is 56.4 Å². The van der Waals surface area contributed by atoms with Crippen LogP contribution in [0.15, 0.2) is 40.2 Å². The summed E-state index contributed by atoms with van der Waals surface area (Å²) in [6.07, 6.45) is 0. The summed E-state index contributed by atoms with van der Waals surface area (Å²) in [4.78, 5) is 25.1. The van der Waals surface area contributed by atoms with Crippen LogP contribution in [0.5, 0.6) is 0 Å². The summed E-state index contributed by atoms with van der Waals surface area (Å²) in [5.41, 5.74) is 0.449. The van der Waals surface area contributed by atoms with Crippen LogP contribution in [-0.2, 0) is 4.79 Å². The fourth-order valence-electron chi connectivity index (χ4n) is 1.63. The molecule has 0 unspecified atom stereocenters. The number of carboxylic acids is 1. The van der Waals surface area contributed by atoms with Crippen molar-refractivity contribution in [2.24, 2.45) is 0 Å². The van der Waals surface area contributed by atoms with Gasteiger partial charge in [-0.2, -0.15) is 0 Å². The number of anilines is 1. The highest BCUT2D eigenvalue weighted by Gasteiger charge is 2.23. The fraction of sp³-hybridized carbons (Fsp3) is 0.0769. The Bertz CT molecular complexity index is 659. The Balaban J connectivity index is 2.40. The second-order valence-corrected chi connectivity index (χ2v) is 6.07. The van der Waals surface area contributed by atoms with Crippen molar-refractivity contribution in [1.82, 2.24) is 0 Å². The molecular formula is C13H9BrClNO3S. The Morgan fingerprint density at radius 3 is 2.65 bits per heavy atom. The van der Waals surface area contributed by atoms with E-state index in [2.05, 4.69) is 15.9 Å². The van der Waals surface area contributed by atoms with Crippen LogP contribution in [0, 0.1) is 0 Å². The van der Waals surface area contributed by atoms with E-state index in [-0.39, 0.29) is 5.91 Å². The van der Waals surface area contributed by atoms with E-state index in [9.17, 15) is 9.59 Å². The van der Waals surface area contributed by atoms with Crippen LogP contribution in [0.3, 0.4) is 0 Å². The quantitative estimate of drug-likeness (QED) is 0.883. The molecule has 1 N–H and O–H groups in total. The van der Waals surface area contributed by atoms with Gasteiger partial charge in [-0.3, -0.25) is 14.5 Å². The number of amides is 1. The summed E-state index contributed by atoms with van der Waals surface area (Å²) < 4.78 is 0.643. The molecule has 0 aliphatic rings. The molecule has 0 fully saturated rings. The SMILES string of the molecule is O=C(O)CN(C(=O)c1sccc1Br)c1cccc(Cl)c1. The second kappa shape index (κ2) is 6.39. The van der Waals surface area contributed by atoms with E-state index < -0.39 is 12.5 Å². The zero-order chi connectivity index (χ0) is 14.7. The molecule has 0 radical (unpaired) electrons. The second-order valence-electron chi connectivity index (χ2n) is 3.86. The summed E-state index contributed by atoms with van der Waals surface area (Å²) in [6, 6.07) is 8.28. The van der Waals surface area contributed by atoms with Gasteiger partial charge in [-0.1, -0.05) is 17.7 Å². The van der Waals surface area contributed by atoms with Crippen LogP contribution < -0.4 is 4.90 Å². The summed E-state index contributed by atoms with van der Waals surface area (Å²) in [6.45, 7) is -0.427. The van der Waals surface area contributed by atoms with Crippen LogP contribution in [0.25, 0.3) is 0 Å². The number of hydrogen-bond acceptors (Lipinski definition) is 3. The highest BCUT2D eigenvalue weighted by molar-refractivity contribution is 9.10. The van der Waals surface area contributed by atoms with Crippen molar-refractivity contribution in [3.05, 3.63) is 50.1 Å². The monoisotopic (exact) mass is 373 g/mol. The first-order valence-corrected chi connectivity index (χ1v) is 7.56. The molecule has 0 saturated carbocycles. The summed E-state index contributed by atoms with van der Waals surface area (Å²) in [7, 11) is 0. The van der Waals surface area contributed by atoms with Gasteiger partial charge in [0.1, 0.15) is 11.4 Å². The maximum absolute atomic E-state index is 12.5. The first kappa shape index (κ1) is 15.0. The van der Waals surface area contributed by atoms with Gasteiger partial charge in [-0.15, -0.1) is 11.3 Å². The van der Waals surface area contributed by atoms with Gasteiger partial charge < -0.3 is 5.11 Å². The van der Waals surface area contributed by atoms with Crippen LogP contribution in [0.2, 0.25) is 5.02 Å². The molecule has 1 aromatic heterocycles. The zero-order valence-electron chi connectivity index (χ0n) is 10.0. The molecule has 20 heavy (non-hydrogen) atoms. The van der Waals surface area contributed by atoms with E-state index in [4.69, 9.17) is 16.7 Å². The maximum atomic E-state index is 12.5. The lowest BCUT2D eigenvalue weighted by Crippen LogP contribution is -2.35. The predicted molar refractivity (Wildman–Crippen MR) is 82.8 cm³/mol. The third kappa shape index (κ3) is 3.39. The number of carbonyl (C=O) groups is 2. The van der Waals surface area contributed by atoms with E-state index in [1.54, 1.807) is 35.7 Å². The van der Waals surface area contributed by atoms with Gasteiger partial charge >= 0.3 is 5.97 Å². The molecule has 2 aromatic rings. The minimum absolute atomic E-state index is 0.378. The summed E-state index contributed by atoms with van der Waals surface area (Å²) >= 11 is 10.4. The van der Waals surface area contributed by atoms with Crippen LogP contribution in [0.1, 0.15) is 9.67 Å². The maximum Gasteiger partial charge on any atom is 0.323 e. The Morgan fingerprint density at radius 2 is 2.10 bits per heavy atom. The number of rotatable bonds is 4. The van der Waals surface area contributed by atoms with E-state index >= 15 is 0 Å². The number of halogens is 2. The molecular weight excluding hydrogens is 366 g/mol. The minimum atomic E-state index is -1.09. The molecule has 0 aliphatic carbocycles. The lowest BCUT2D eigenvalue weighted by molar-refractivity contribution is -0.135. The van der Waals surface area contributed by atoms with Crippen molar-refractivity contribution in [2.45, 2.75) is 0 Å². The lowest BCUT2D eigenvalue weighted by atomic mass is 10.2. The van der Waals surface area contributed by atoms with E-state index in [0.29, 0.717) is 20.1 Å². The molecule has 0 saturated heterocycles. The van der Waals surface area contributed by atoms with Gasteiger partial charge in [0.2, 0.25) is 0 Å². The summed E-state index contributed by atoms with van der Waals surface area (Å²) in [5.74, 6) is -1.47. The molecule has 0 aliphatic heterocycles. The molecule has 1 heterocycles. The largest absolute Gasteiger partial charge is 0.480 e. The summed E-state index contributed by atoms with van der Waals surface area (Å²) in [5, 5.41) is 11.2. The van der Waals surface area contributed by atoms with E-state index in [0.717, 1.165) is 0 Å². The molecule has 4 nitrogen and oxygen atoms in total. The standard InChI is InChI=1S/C13H9BrClNO3S/c14-10-4-5-20-12(10)13(19)16(7-11(17)18)9-3-1-2-8(15)6-9/h1-6H,7H2,(H,17,18).